The smallest absolute Gasteiger partial charge is 0.191 e. The lowest BCUT2D eigenvalue weighted by Gasteiger charge is -2.04. The van der Waals surface area contributed by atoms with E-state index in [-0.39, 0.29) is 0 Å². The minimum Gasteiger partial charge on any atom is -0.305 e. The van der Waals surface area contributed by atoms with Gasteiger partial charge >= 0.3 is 0 Å². The molecule has 2 aromatic heterocycles. The highest BCUT2D eigenvalue weighted by atomic mass is 35.5. The molecule has 6 heteroatoms. The van der Waals surface area contributed by atoms with Gasteiger partial charge in [-0.05, 0) is 24.6 Å². The second-order valence-corrected chi connectivity index (χ2v) is 6.34. The molecule has 0 fully saturated rings. The summed E-state index contributed by atoms with van der Waals surface area (Å²) in [6.45, 7) is 2.07. The lowest BCUT2D eigenvalue weighted by molar-refractivity contribution is 0.793. The Kier molecular flexibility index (Phi) is 4.45. The van der Waals surface area contributed by atoms with Crippen molar-refractivity contribution in [1.29, 1.82) is 0 Å². The van der Waals surface area contributed by atoms with Gasteiger partial charge in [0, 0.05) is 24.6 Å². The summed E-state index contributed by atoms with van der Waals surface area (Å²) in [5, 5.41) is 9.98. The molecule has 0 bridgehead atoms. The Morgan fingerprint density at radius 2 is 2.05 bits per heavy atom. The van der Waals surface area contributed by atoms with Crippen molar-refractivity contribution >= 4 is 23.4 Å². The monoisotopic (exact) mass is 330 g/mol. The predicted octanol–water partition coefficient (Wildman–Crippen LogP) is 4.13. The van der Waals surface area contributed by atoms with Crippen LogP contribution in [-0.4, -0.2) is 19.7 Å². The van der Waals surface area contributed by atoms with E-state index in [9.17, 15) is 0 Å². The van der Waals surface area contributed by atoms with E-state index in [1.165, 1.54) is 5.56 Å². The van der Waals surface area contributed by atoms with E-state index in [4.69, 9.17) is 11.6 Å². The van der Waals surface area contributed by atoms with Crippen molar-refractivity contribution in [2.24, 2.45) is 7.05 Å². The van der Waals surface area contributed by atoms with Crippen LogP contribution in [0.3, 0.4) is 0 Å². The highest BCUT2D eigenvalue weighted by molar-refractivity contribution is 7.98. The van der Waals surface area contributed by atoms with Crippen LogP contribution in [0.2, 0.25) is 5.15 Å². The molecular weight excluding hydrogens is 316 g/mol. The number of aromatic nitrogens is 4. The van der Waals surface area contributed by atoms with E-state index in [0.717, 1.165) is 27.9 Å². The van der Waals surface area contributed by atoms with Gasteiger partial charge in [0.05, 0.1) is 0 Å². The molecule has 112 valence electrons. The second kappa shape index (κ2) is 6.50. The summed E-state index contributed by atoms with van der Waals surface area (Å²) in [6.07, 6.45) is 1.78. The van der Waals surface area contributed by atoms with Crippen LogP contribution in [-0.2, 0) is 12.8 Å². The molecule has 0 aliphatic rings. The van der Waals surface area contributed by atoms with E-state index >= 15 is 0 Å². The highest BCUT2D eigenvalue weighted by Crippen LogP contribution is 2.25. The van der Waals surface area contributed by atoms with Crippen molar-refractivity contribution in [3.8, 4) is 11.4 Å². The van der Waals surface area contributed by atoms with Gasteiger partial charge in [0.1, 0.15) is 5.15 Å². The average Bonchev–Trinajstić information content (AvgIpc) is 2.88. The minimum absolute atomic E-state index is 0.508. The lowest BCUT2D eigenvalue weighted by atomic mass is 10.1. The van der Waals surface area contributed by atoms with Crippen molar-refractivity contribution in [1.82, 2.24) is 19.7 Å². The number of nitrogens with zero attached hydrogens (tertiary/aromatic N) is 4. The quantitative estimate of drug-likeness (QED) is 0.533. The normalized spacial score (nSPS) is 10.9. The summed E-state index contributed by atoms with van der Waals surface area (Å²) >= 11 is 7.43. The maximum absolute atomic E-state index is 5.79. The topological polar surface area (TPSA) is 43.6 Å². The number of halogens is 1. The van der Waals surface area contributed by atoms with E-state index in [0.29, 0.717) is 5.15 Å². The van der Waals surface area contributed by atoms with E-state index < -0.39 is 0 Å². The summed E-state index contributed by atoms with van der Waals surface area (Å²) in [7, 11) is 1.99. The molecule has 0 saturated heterocycles. The summed E-state index contributed by atoms with van der Waals surface area (Å²) in [5.74, 6) is 1.66. The fourth-order valence-electron chi connectivity index (χ4n) is 2.12. The van der Waals surface area contributed by atoms with Gasteiger partial charge in [0.2, 0.25) is 0 Å². The fraction of sp³-hybridized carbons (Fsp3) is 0.188. The Hall–Kier alpha value is -1.85. The maximum atomic E-state index is 5.79. The van der Waals surface area contributed by atoms with Crippen LogP contribution in [0.5, 0.6) is 0 Å². The SMILES string of the molecule is Cc1cccc(-c2nnc(SCc3ccc(Cl)nc3)n2C)c1. The van der Waals surface area contributed by atoms with Crippen molar-refractivity contribution in [2.45, 2.75) is 17.8 Å². The second-order valence-electron chi connectivity index (χ2n) is 5.01. The Labute approximate surface area is 138 Å². The molecule has 22 heavy (non-hydrogen) atoms. The fourth-order valence-corrected chi connectivity index (χ4v) is 3.07. The van der Waals surface area contributed by atoms with Gasteiger partial charge in [-0.25, -0.2) is 4.98 Å². The molecular formula is C16H15ClN4S. The van der Waals surface area contributed by atoms with Crippen molar-refractivity contribution < 1.29 is 0 Å². The Balaban J connectivity index is 1.77. The van der Waals surface area contributed by atoms with Gasteiger partial charge in [-0.3, -0.25) is 0 Å². The Morgan fingerprint density at radius 1 is 1.18 bits per heavy atom. The maximum Gasteiger partial charge on any atom is 0.191 e. The van der Waals surface area contributed by atoms with Crippen LogP contribution >= 0.6 is 23.4 Å². The molecule has 0 N–H and O–H groups in total. The molecule has 4 nitrogen and oxygen atoms in total. The first-order chi connectivity index (χ1) is 10.6. The van der Waals surface area contributed by atoms with Crippen LogP contribution in [0.4, 0.5) is 0 Å². The van der Waals surface area contributed by atoms with Crippen molar-refractivity contribution in [3.05, 3.63) is 58.9 Å². The molecule has 2 heterocycles. The Morgan fingerprint density at radius 3 is 2.77 bits per heavy atom. The summed E-state index contributed by atoms with van der Waals surface area (Å²) in [6, 6.07) is 12.0. The zero-order valence-electron chi connectivity index (χ0n) is 12.3. The van der Waals surface area contributed by atoms with Gasteiger partial charge in [0.25, 0.3) is 0 Å². The zero-order chi connectivity index (χ0) is 15.5. The first kappa shape index (κ1) is 15.1. The largest absolute Gasteiger partial charge is 0.305 e. The van der Waals surface area contributed by atoms with Gasteiger partial charge in [-0.2, -0.15) is 0 Å². The van der Waals surface area contributed by atoms with E-state index in [2.05, 4.69) is 40.3 Å². The van der Waals surface area contributed by atoms with Gasteiger partial charge in [-0.1, -0.05) is 53.2 Å². The number of benzene rings is 1. The third-order valence-corrected chi connectivity index (χ3v) is 4.58. The lowest BCUT2D eigenvalue weighted by Crippen LogP contribution is -1.95. The number of hydrogen-bond donors (Lipinski definition) is 0. The molecule has 0 radical (unpaired) electrons. The first-order valence-electron chi connectivity index (χ1n) is 6.83. The molecule has 0 unspecified atom stereocenters. The summed E-state index contributed by atoms with van der Waals surface area (Å²) in [5.41, 5.74) is 3.39. The molecule has 0 aliphatic heterocycles. The van der Waals surface area contributed by atoms with Gasteiger partial charge in [0.15, 0.2) is 11.0 Å². The molecule has 0 aliphatic carbocycles. The van der Waals surface area contributed by atoms with Crippen molar-refractivity contribution in [3.63, 3.8) is 0 Å². The third-order valence-electron chi connectivity index (χ3n) is 3.27. The van der Waals surface area contributed by atoms with Gasteiger partial charge in [-0.15, -0.1) is 10.2 Å². The van der Waals surface area contributed by atoms with Crippen LogP contribution in [0.25, 0.3) is 11.4 Å². The minimum atomic E-state index is 0.508. The van der Waals surface area contributed by atoms with E-state index in [1.807, 2.05) is 23.7 Å². The summed E-state index contributed by atoms with van der Waals surface area (Å²) < 4.78 is 2.02. The summed E-state index contributed by atoms with van der Waals surface area (Å²) in [4.78, 5) is 4.09. The number of hydrogen-bond acceptors (Lipinski definition) is 4. The predicted molar refractivity (Wildman–Crippen MR) is 90.0 cm³/mol. The molecule has 0 saturated carbocycles. The molecule has 0 amide bonds. The Bertz CT molecular complexity index is 783. The van der Waals surface area contributed by atoms with Crippen LogP contribution in [0, 0.1) is 6.92 Å². The number of pyridine rings is 1. The van der Waals surface area contributed by atoms with Crippen LogP contribution in [0.15, 0.2) is 47.8 Å². The zero-order valence-corrected chi connectivity index (χ0v) is 13.9. The third kappa shape index (κ3) is 3.31. The molecule has 3 rings (SSSR count). The first-order valence-corrected chi connectivity index (χ1v) is 8.19. The average molecular weight is 331 g/mol. The standard InChI is InChI=1S/C16H15ClN4S/c1-11-4-3-5-13(8-11)15-19-20-16(21(15)2)22-10-12-6-7-14(17)18-9-12/h3-9H,10H2,1-2H3. The number of rotatable bonds is 4. The van der Waals surface area contributed by atoms with Crippen LogP contribution < -0.4 is 0 Å². The number of aryl methyl sites for hydroxylation is 1. The molecule has 0 atom stereocenters. The van der Waals surface area contributed by atoms with E-state index in [1.54, 1.807) is 24.0 Å². The molecule has 0 spiro atoms. The van der Waals surface area contributed by atoms with Crippen LogP contribution in [0.1, 0.15) is 11.1 Å². The molecule has 1 aromatic carbocycles. The van der Waals surface area contributed by atoms with Gasteiger partial charge < -0.3 is 4.57 Å². The number of thioether (sulfide) groups is 1. The molecule has 3 aromatic rings. The van der Waals surface area contributed by atoms with Crippen molar-refractivity contribution in [2.75, 3.05) is 0 Å². The highest BCUT2D eigenvalue weighted by Gasteiger charge is 2.11.